The molecule has 0 bridgehead atoms. The summed E-state index contributed by atoms with van der Waals surface area (Å²) in [4.78, 5) is 36.0. The Kier molecular flexibility index (Phi) is 3.14. The highest BCUT2D eigenvalue weighted by Crippen LogP contribution is 2.29. The predicted molar refractivity (Wildman–Crippen MR) is 64.5 cm³/mol. The normalized spacial score (nSPS) is 13.8. The first-order valence-corrected chi connectivity index (χ1v) is 5.64. The first-order valence-electron chi connectivity index (χ1n) is 5.64. The van der Waals surface area contributed by atoms with E-state index in [1.54, 1.807) is 12.1 Å². The van der Waals surface area contributed by atoms with Gasteiger partial charge in [0.15, 0.2) is 0 Å². The number of anilines is 1. The van der Waals surface area contributed by atoms with Gasteiger partial charge in [0.25, 0.3) is 11.7 Å². The Balaban J connectivity index is 2.40. The van der Waals surface area contributed by atoms with Crippen LogP contribution in [0.3, 0.4) is 0 Å². The van der Waals surface area contributed by atoms with Gasteiger partial charge in [0.2, 0.25) is 0 Å². The second-order valence-corrected chi connectivity index (χ2v) is 4.00. The summed E-state index contributed by atoms with van der Waals surface area (Å²) < 4.78 is 4.51. The van der Waals surface area contributed by atoms with E-state index < -0.39 is 17.7 Å². The van der Waals surface area contributed by atoms with E-state index in [2.05, 4.69) is 4.74 Å². The van der Waals surface area contributed by atoms with Crippen LogP contribution in [0.2, 0.25) is 0 Å². The maximum Gasteiger partial charge on any atom is 0.325 e. The van der Waals surface area contributed by atoms with Crippen LogP contribution in [0.5, 0.6) is 0 Å². The smallest absolute Gasteiger partial charge is 0.325 e. The average molecular weight is 247 g/mol. The Hall–Kier alpha value is -2.17. The van der Waals surface area contributed by atoms with Gasteiger partial charge >= 0.3 is 5.97 Å². The molecule has 1 amide bonds. The molecule has 1 aliphatic heterocycles. The fourth-order valence-corrected chi connectivity index (χ4v) is 1.92. The summed E-state index contributed by atoms with van der Waals surface area (Å²) in [6.45, 7) is 1.73. The summed E-state index contributed by atoms with van der Waals surface area (Å²) in [5.74, 6) is -1.79. The summed E-state index contributed by atoms with van der Waals surface area (Å²) in [6.07, 6.45) is 0.783. The summed E-state index contributed by atoms with van der Waals surface area (Å²) in [7, 11) is 1.24. The molecule has 0 spiro atoms. The van der Waals surface area contributed by atoms with Crippen molar-refractivity contribution in [3.8, 4) is 0 Å². The third-order valence-corrected chi connectivity index (χ3v) is 2.96. The number of carbonyl (C=O) groups is 3. The molecule has 5 nitrogen and oxygen atoms in total. The molecule has 18 heavy (non-hydrogen) atoms. The van der Waals surface area contributed by atoms with Crippen molar-refractivity contribution in [3.05, 3.63) is 29.3 Å². The highest BCUT2D eigenvalue weighted by molar-refractivity contribution is 6.52. The zero-order valence-corrected chi connectivity index (χ0v) is 10.2. The van der Waals surface area contributed by atoms with E-state index in [0.717, 1.165) is 16.9 Å². The molecule has 0 aromatic heterocycles. The molecular weight excluding hydrogens is 234 g/mol. The predicted octanol–water partition coefficient (Wildman–Crippen LogP) is 0.951. The molecule has 5 heteroatoms. The van der Waals surface area contributed by atoms with E-state index in [0.29, 0.717) is 11.3 Å². The number of fused-ring (bicyclic) bond motifs is 1. The van der Waals surface area contributed by atoms with Crippen molar-refractivity contribution in [1.82, 2.24) is 0 Å². The van der Waals surface area contributed by atoms with Gasteiger partial charge in [-0.25, -0.2) is 0 Å². The average Bonchev–Trinajstić information content (AvgIpc) is 2.63. The van der Waals surface area contributed by atoms with Crippen LogP contribution in [0, 0.1) is 0 Å². The van der Waals surface area contributed by atoms with Gasteiger partial charge in [-0.05, 0) is 24.1 Å². The van der Waals surface area contributed by atoms with E-state index >= 15 is 0 Å². The summed E-state index contributed by atoms with van der Waals surface area (Å²) >= 11 is 0. The van der Waals surface area contributed by atoms with Gasteiger partial charge in [0.1, 0.15) is 6.54 Å². The highest BCUT2D eigenvalue weighted by atomic mass is 16.5. The van der Waals surface area contributed by atoms with E-state index in [9.17, 15) is 14.4 Å². The molecule has 0 fully saturated rings. The van der Waals surface area contributed by atoms with E-state index in [4.69, 9.17) is 0 Å². The second-order valence-electron chi connectivity index (χ2n) is 4.00. The van der Waals surface area contributed by atoms with E-state index in [1.165, 1.54) is 7.11 Å². The Labute approximate surface area is 104 Å². The number of aryl methyl sites for hydroxylation is 1. The number of esters is 1. The molecule has 0 unspecified atom stereocenters. The number of nitrogens with zero attached hydrogens (tertiary/aromatic N) is 1. The number of hydrogen-bond donors (Lipinski definition) is 0. The van der Waals surface area contributed by atoms with Crippen molar-refractivity contribution in [3.63, 3.8) is 0 Å². The number of ether oxygens (including phenoxy) is 1. The molecule has 0 N–H and O–H groups in total. The number of rotatable bonds is 3. The fourth-order valence-electron chi connectivity index (χ4n) is 1.92. The van der Waals surface area contributed by atoms with Crippen molar-refractivity contribution in [2.45, 2.75) is 13.3 Å². The number of carbonyl (C=O) groups excluding carboxylic acids is 3. The number of methoxy groups -OCH3 is 1. The number of ketones is 1. The van der Waals surface area contributed by atoms with Gasteiger partial charge in [-0.15, -0.1) is 0 Å². The lowest BCUT2D eigenvalue weighted by Crippen LogP contribution is -2.35. The molecule has 0 saturated carbocycles. The quantitative estimate of drug-likeness (QED) is 0.589. The first kappa shape index (κ1) is 12.3. The molecule has 1 heterocycles. The molecule has 0 saturated heterocycles. The third kappa shape index (κ3) is 1.88. The van der Waals surface area contributed by atoms with Crippen LogP contribution in [0.4, 0.5) is 5.69 Å². The number of hydrogen-bond acceptors (Lipinski definition) is 4. The number of amides is 1. The molecule has 1 aromatic rings. The minimum absolute atomic E-state index is 0.237. The lowest BCUT2D eigenvalue weighted by atomic mass is 10.1. The number of Topliss-reactive ketones (excluding diaryl/α,β-unsaturated/α-hetero) is 1. The Bertz CT molecular complexity index is 536. The molecule has 94 valence electrons. The van der Waals surface area contributed by atoms with Crippen LogP contribution in [-0.2, 0) is 20.7 Å². The Morgan fingerprint density at radius 1 is 1.33 bits per heavy atom. The van der Waals surface area contributed by atoms with Crippen molar-refractivity contribution in [1.29, 1.82) is 0 Å². The largest absolute Gasteiger partial charge is 0.468 e. The van der Waals surface area contributed by atoms with Crippen LogP contribution < -0.4 is 4.90 Å². The summed E-state index contributed by atoms with van der Waals surface area (Å²) in [6, 6.07) is 5.24. The zero-order chi connectivity index (χ0) is 13.3. The Morgan fingerprint density at radius 3 is 2.67 bits per heavy atom. The molecule has 0 aliphatic carbocycles. The SMILES string of the molecule is CCc1ccc2c(c1)C(=O)C(=O)N2CC(=O)OC. The van der Waals surface area contributed by atoms with Gasteiger partial charge in [-0.2, -0.15) is 0 Å². The van der Waals surface area contributed by atoms with Crippen molar-refractivity contribution in [2.75, 3.05) is 18.6 Å². The van der Waals surface area contributed by atoms with Gasteiger partial charge in [-0.1, -0.05) is 13.0 Å². The van der Waals surface area contributed by atoms with Gasteiger partial charge < -0.3 is 4.74 Å². The van der Waals surface area contributed by atoms with Crippen LogP contribution >= 0.6 is 0 Å². The molecule has 0 radical (unpaired) electrons. The fraction of sp³-hybridized carbons (Fsp3) is 0.308. The standard InChI is InChI=1S/C13H13NO4/c1-3-8-4-5-10-9(6-8)12(16)13(17)14(10)7-11(15)18-2/h4-6H,3,7H2,1-2H3. The van der Waals surface area contributed by atoms with Gasteiger partial charge in [0, 0.05) is 0 Å². The van der Waals surface area contributed by atoms with Crippen molar-refractivity contribution in [2.24, 2.45) is 0 Å². The second kappa shape index (κ2) is 4.60. The lowest BCUT2D eigenvalue weighted by molar-refractivity contribution is -0.139. The number of benzene rings is 1. The summed E-state index contributed by atoms with van der Waals surface area (Å²) in [5, 5.41) is 0. The molecule has 1 aliphatic rings. The van der Waals surface area contributed by atoms with Gasteiger partial charge in [0.05, 0.1) is 18.4 Å². The van der Waals surface area contributed by atoms with Crippen molar-refractivity contribution < 1.29 is 19.1 Å². The van der Waals surface area contributed by atoms with Crippen LogP contribution in [0.1, 0.15) is 22.8 Å². The monoisotopic (exact) mass is 247 g/mol. The van der Waals surface area contributed by atoms with Crippen molar-refractivity contribution >= 4 is 23.3 Å². The third-order valence-electron chi connectivity index (χ3n) is 2.96. The maximum absolute atomic E-state index is 11.8. The molecule has 1 aromatic carbocycles. The Morgan fingerprint density at radius 2 is 2.06 bits per heavy atom. The highest BCUT2D eigenvalue weighted by Gasteiger charge is 2.36. The van der Waals surface area contributed by atoms with E-state index in [-0.39, 0.29) is 6.54 Å². The van der Waals surface area contributed by atoms with Crippen LogP contribution in [-0.4, -0.2) is 31.3 Å². The zero-order valence-electron chi connectivity index (χ0n) is 10.2. The molecule has 0 atom stereocenters. The molecular formula is C13H13NO4. The van der Waals surface area contributed by atoms with E-state index in [1.807, 2.05) is 13.0 Å². The first-order chi connectivity index (χ1) is 8.58. The minimum atomic E-state index is -0.677. The topological polar surface area (TPSA) is 63.7 Å². The minimum Gasteiger partial charge on any atom is -0.468 e. The van der Waals surface area contributed by atoms with Crippen LogP contribution in [0.15, 0.2) is 18.2 Å². The van der Waals surface area contributed by atoms with Gasteiger partial charge in [-0.3, -0.25) is 19.3 Å². The molecule has 2 rings (SSSR count). The summed E-state index contributed by atoms with van der Waals surface area (Å²) in [5.41, 5.74) is 1.82. The lowest BCUT2D eigenvalue weighted by Gasteiger charge is -2.14. The van der Waals surface area contributed by atoms with Crippen LogP contribution in [0.25, 0.3) is 0 Å². The maximum atomic E-state index is 11.8.